The van der Waals surface area contributed by atoms with E-state index in [0.29, 0.717) is 26.3 Å². The monoisotopic (exact) mass is 286 g/mol. The number of carbonyl (C=O) groups is 2. The smallest absolute Gasteiger partial charge is 0.408 e. The topological polar surface area (TPSA) is 67.9 Å². The van der Waals surface area contributed by atoms with Crippen molar-refractivity contribution >= 4 is 12.0 Å². The summed E-state index contributed by atoms with van der Waals surface area (Å²) in [5.41, 5.74) is -0.388. The van der Waals surface area contributed by atoms with Gasteiger partial charge >= 0.3 is 6.09 Å². The molecule has 1 fully saturated rings. The molecule has 1 rings (SSSR count). The molecule has 0 radical (unpaired) electrons. The Labute approximate surface area is 120 Å². The van der Waals surface area contributed by atoms with Crippen LogP contribution in [-0.2, 0) is 14.3 Å². The number of carbonyl (C=O) groups excluding carboxylic acids is 2. The van der Waals surface area contributed by atoms with E-state index in [1.54, 1.807) is 4.90 Å². The van der Waals surface area contributed by atoms with E-state index in [1.807, 2.05) is 34.6 Å². The van der Waals surface area contributed by atoms with Crippen LogP contribution in [0.4, 0.5) is 4.79 Å². The Kier molecular flexibility index (Phi) is 5.80. The van der Waals surface area contributed by atoms with Crippen LogP contribution in [-0.4, -0.2) is 54.8 Å². The highest BCUT2D eigenvalue weighted by molar-refractivity contribution is 5.84. The molecule has 6 heteroatoms. The van der Waals surface area contributed by atoms with Gasteiger partial charge in [-0.25, -0.2) is 4.79 Å². The maximum Gasteiger partial charge on any atom is 0.408 e. The number of nitrogens with one attached hydrogen (secondary N) is 1. The van der Waals surface area contributed by atoms with Crippen molar-refractivity contribution in [2.24, 2.45) is 5.92 Å². The molecule has 1 atom stereocenters. The van der Waals surface area contributed by atoms with Crippen molar-refractivity contribution in [3.8, 4) is 0 Å². The van der Waals surface area contributed by atoms with Crippen molar-refractivity contribution in [3.63, 3.8) is 0 Å². The minimum atomic E-state index is -0.754. The van der Waals surface area contributed by atoms with Crippen LogP contribution < -0.4 is 5.32 Å². The molecule has 2 amide bonds. The van der Waals surface area contributed by atoms with Gasteiger partial charge in [0, 0.05) is 18.6 Å². The van der Waals surface area contributed by atoms with Crippen molar-refractivity contribution in [2.75, 3.05) is 26.3 Å². The van der Waals surface area contributed by atoms with Gasteiger partial charge in [0.15, 0.2) is 6.10 Å². The minimum absolute atomic E-state index is 0.0731. The van der Waals surface area contributed by atoms with Gasteiger partial charge in [-0.2, -0.15) is 0 Å². The fourth-order valence-corrected chi connectivity index (χ4v) is 1.89. The number of nitrogens with zero attached hydrogens (tertiary/aromatic N) is 1. The van der Waals surface area contributed by atoms with E-state index in [2.05, 4.69) is 5.32 Å². The van der Waals surface area contributed by atoms with Gasteiger partial charge in [0.05, 0.1) is 13.2 Å². The van der Waals surface area contributed by atoms with Gasteiger partial charge in [-0.05, 0) is 26.7 Å². The van der Waals surface area contributed by atoms with E-state index in [0.717, 1.165) is 0 Å². The summed E-state index contributed by atoms with van der Waals surface area (Å²) in [6, 6.07) is 0. The Morgan fingerprint density at radius 1 is 1.20 bits per heavy atom. The zero-order valence-corrected chi connectivity index (χ0v) is 13.1. The van der Waals surface area contributed by atoms with Gasteiger partial charge in [-0.3, -0.25) is 4.79 Å². The Hall–Kier alpha value is -1.30. The molecule has 1 N–H and O–H groups in total. The van der Waals surface area contributed by atoms with Gasteiger partial charge in [0.25, 0.3) is 5.91 Å². The van der Waals surface area contributed by atoms with Crippen LogP contribution >= 0.6 is 0 Å². The maximum absolute atomic E-state index is 12.4. The molecule has 6 nitrogen and oxygen atoms in total. The molecule has 0 bridgehead atoms. The Balaban J connectivity index is 2.63. The fraction of sp³-hybridized carbons (Fsp3) is 0.857. The van der Waals surface area contributed by atoms with Crippen LogP contribution in [0.1, 0.15) is 34.6 Å². The normalized spacial score (nSPS) is 17.8. The summed E-state index contributed by atoms with van der Waals surface area (Å²) in [5, 5.41) is 2.71. The van der Waals surface area contributed by atoms with Crippen molar-refractivity contribution in [3.05, 3.63) is 0 Å². The van der Waals surface area contributed by atoms with Crippen LogP contribution in [0.2, 0.25) is 0 Å². The van der Waals surface area contributed by atoms with E-state index < -0.39 is 12.2 Å². The number of morpholine rings is 1. The largest absolute Gasteiger partial charge is 0.436 e. The van der Waals surface area contributed by atoms with Crippen LogP contribution in [0.15, 0.2) is 0 Å². The van der Waals surface area contributed by atoms with Gasteiger partial charge in [-0.1, -0.05) is 13.8 Å². The lowest BCUT2D eigenvalue weighted by Crippen LogP contribution is -2.50. The van der Waals surface area contributed by atoms with Gasteiger partial charge < -0.3 is 19.7 Å². The number of hydrogen-bond acceptors (Lipinski definition) is 4. The molecule has 1 aliphatic heterocycles. The van der Waals surface area contributed by atoms with E-state index in [-0.39, 0.29) is 17.4 Å². The molecule has 1 saturated heterocycles. The first-order valence-corrected chi connectivity index (χ1v) is 7.06. The summed E-state index contributed by atoms with van der Waals surface area (Å²) in [4.78, 5) is 25.9. The van der Waals surface area contributed by atoms with Crippen LogP contribution in [0.3, 0.4) is 0 Å². The zero-order valence-electron chi connectivity index (χ0n) is 13.1. The molecule has 20 heavy (non-hydrogen) atoms. The average molecular weight is 286 g/mol. The van der Waals surface area contributed by atoms with Crippen LogP contribution in [0.5, 0.6) is 0 Å². The number of amides is 2. The predicted molar refractivity (Wildman–Crippen MR) is 75.4 cm³/mol. The maximum atomic E-state index is 12.4. The van der Waals surface area contributed by atoms with Gasteiger partial charge in [0.1, 0.15) is 0 Å². The highest BCUT2D eigenvalue weighted by Crippen LogP contribution is 2.13. The highest BCUT2D eigenvalue weighted by Gasteiger charge is 2.32. The molecular formula is C14H26N2O4. The quantitative estimate of drug-likeness (QED) is 0.851. The molecule has 0 aromatic carbocycles. The molecule has 0 aromatic heterocycles. The Morgan fingerprint density at radius 2 is 1.75 bits per heavy atom. The molecule has 0 aromatic rings. The lowest BCUT2D eigenvalue weighted by Gasteiger charge is -2.32. The van der Waals surface area contributed by atoms with E-state index in [1.165, 1.54) is 0 Å². The summed E-state index contributed by atoms with van der Waals surface area (Å²) in [5.74, 6) is -0.219. The standard InChI is InChI=1S/C14H26N2O4/c1-10(2)11(20-13(18)15-14(3,4)5)12(17)16-6-8-19-9-7-16/h10-11H,6-9H2,1-5H3,(H,15,18)/t11-/m0/s1. The molecule has 1 heterocycles. The molecule has 0 unspecified atom stereocenters. The van der Waals surface area contributed by atoms with E-state index in [9.17, 15) is 9.59 Å². The van der Waals surface area contributed by atoms with Crippen molar-refractivity contribution < 1.29 is 19.1 Å². The second-order valence-corrected chi connectivity index (χ2v) is 6.38. The first kappa shape index (κ1) is 16.8. The van der Waals surface area contributed by atoms with E-state index in [4.69, 9.17) is 9.47 Å². The number of hydrogen-bond donors (Lipinski definition) is 1. The van der Waals surface area contributed by atoms with Crippen molar-refractivity contribution in [1.29, 1.82) is 0 Å². The molecule has 0 aliphatic carbocycles. The first-order valence-electron chi connectivity index (χ1n) is 7.06. The third kappa shape index (κ3) is 5.36. The first-order chi connectivity index (χ1) is 9.20. The second-order valence-electron chi connectivity index (χ2n) is 6.38. The molecular weight excluding hydrogens is 260 g/mol. The van der Waals surface area contributed by atoms with Crippen molar-refractivity contribution in [2.45, 2.75) is 46.3 Å². The summed E-state index contributed by atoms with van der Waals surface area (Å²) in [6.45, 7) is 11.5. The van der Waals surface area contributed by atoms with Crippen LogP contribution in [0, 0.1) is 5.92 Å². The number of rotatable bonds is 3. The fourth-order valence-electron chi connectivity index (χ4n) is 1.89. The Morgan fingerprint density at radius 3 is 2.20 bits per heavy atom. The molecule has 1 aliphatic rings. The van der Waals surface area contributed by atoms with Gasteiger partial charge in [-0.15, -0.1) is 0 Å². The molecule has 0 spiro atoms. The summed E-state index contributed by atoms with van der Waals surface area (Å²) < 4.78 is 10.5. The number of ether oxygens (including phenoxy) is 2. The Bertz CT molecular complexity index is 344. The van der Waals surface area contributed by atoms with Crippen molar-refractivity contribution in [1.82, 2.24) is 10.2 Å². The lowest BCUT2D eigenvalue weighted by molar-refractivity contribution is -0.146. The molecule has 116 valence electrons. The third-order valence-electron chi connectivity index (χ3n) is 2.88. The van der Waals surface area contributed by atoms with Crippen LogP contribution in [0.25, 0.3) is 0 Å². The average Bonchev–Trinajstić information content (AvgIpc) is 2.34. The predicted octanol–water partition coefficient (Wildman–Crippen LogP) is 1.39. The summed E-state index contributed by atoms with van der Waals surface area (Å²) >= 11 is 0. The summed E-state index contributed by atoms with van der Waals surface area (Å²) in [7, 11) is 0. The highest BCUT2D eigenvalue weighted by atomic mass is 16.6. The van der Waals surface area contributed by atoms with E-state index >= 15 is 0 Å². The summed E-state index contributed by atoms with van der Waals surface area (Å²) in [6.07, 6.45) is -1.31. The SMILES string of the molecule is CC(C)[C@H](OC(=O)NC(C)(C)C)C(=O)N1CCOCC1. The van der Waals surface area contributed by atoms with Gasteiger partial charge in [0.2, 0.25) is 0 Å². The number of alkyl carbamates (subject to hydrolysis) is 1. The zero-order chi connectivity index (χ0) is 15.3. The molecule has 0 saturated carbocycles. The lowest BCUT2D eigenvalue weighted by atomic mass is 10.1. The minimum Gasteiger partial charge on any atom is -0.436 e. The second kappa shape index (κ2) is 6.92. The third-order valence-corrected chi connectivity index (χ3v) is 2.88.